The summed E-state index contributed by atoms with van der Waals surface area (Å²) < 4.78 is 0. The van der Waals surface area contributed by atoms with E-state index in [4.69, 9.17) is 12.2 Å². The molecule has 1 amide bonds. The van der Waals surface area contributed by atoms with Crippen LogP contribution in [0, 0.1) is 18.3 Å². The summed E-state index contributed by atoms with van der Waals surface area (Å²) in [4.78, 5) is 14.0. The molecule has 1 aliphatic carbocycles. The Morgan fingerprint density at radius 3 is 2.78 bits per heavy atom. The maximum atomic E-state index is 12.2. The highest BCUT2D eigenvalue weighted by molar-refractivity contribution is 5.80. The molecule has 3 nitrogen and oxygen atoms in total. The molecule has 0 saturated heterocycles. The van der Waals surface area contributed by atoms with Crippen molar-refractivity contribution in [2.75, 3.05) is 18.8 Å². The van der Waals surface area contributed by atoms with Crippen molar-refractivity contribution >= 4 is 11.6 Å². The number of terminal acetylenes is 1. The Hall–Kier alpha value is -1.95. The van der Waals surface area contributed by atoms with Gasteiger partial charge in [0, 0.05) is 12.2 Å². The fourth-order valence-corrected chi connectivity index (χ4v) is 1.95. The van der Waals surface area contributed by atoms with Crippen LogP contribution in [0.1, 0.15) is 18.4 Å². The number of hydrogen-bond acceptors (Lipinski definition) is 2. The van der Waals surface area contributed by atoms with E-state index >= 15 is 0 Å². The van der Waals surface area contributed by atoms with Crippen LogP contribution in [0.2, 0.25) is 0 Å². The Labute approximate surface area is 108 Å². The monoisotopic (exact) mass is 242 g/mol. The highest BCUT2D eigenvalue weighted by atomic mass is 16.2. The molecule has 0 spiro atoms. The van der Waals surface area contributed by atoms with Gasteiger partial charge in [-0.05, 0) is 30.4 Å². The maximum Gasteiger partial charge on any atom is 0.227 e. The van der Waals surface area contributed by atoms with Gasteiger partial charge in [0.15, 0.2) is 0 Å². The quantitative estimate of drug-likeness (QED) is 0.631. The smallest absolute Gasteiger partial charge is 0.227 e. The summed E-state index contributed by atoms with van der Waals surface area (Å²) in [5.41, 5.74) is 7.39. The number of nitrogens with two attached hydrogens (primary N) is 1. The molecule has 0 unspecified atom stereocenters. The van der Waals surface area contributed by atoms with Crippen molar-refractivity contribution in [3.8, 4) is 12.3 Å². The normalized spacial score (nSPS) is 13.9. The zero-order valence-corrected chi connectivity index (χ0v) is 10.4. The van der Waals surface area contributed by atoms with Crippen molar-refractivity contribution in [3.63, 3.8) is 0 Å². The molecule has 1 aromatic rings. The Balaban J connectivity index is 2.00. The van der Waals surface area contributed by atoms with Crippen LogP contribution in [0.15, 0.2) is 24.3 Å². The Kier molecular flexibility index (Phi) is 3.88. The van der Waals surface area contributed by atoms with Gasteiger partial charge in [0.05, 0.1) is 13.0 Å². The van der Waals surface area contributed by atoms with E-state index in [1.807, 2.05) is 24.3 Å². The highest BCUT2D eigenvalue weighted by Gasteiger charge is 2.26. The van der Waals surface area contributed by atoms with E-state index in [1.54, 1.807) is 4.90 Å². The fraction of sp³-hybridized carbons (Fsp3) is 0.400. The molecule has 0 atom stereocenters. The molecule has 0 aliphatic heterocycles. The lowest BCUT2D eigenvalue weighted by Crippen LogP contribution is -2.34. The van der Waals surface area contributed by atoms with Gasteiger partial charge >= 0.3 is 0 Å². The molecule has 2 rings (SSSR count). The molecule has 1 fully saturated rings. The van der Waals surface area contributed by atoms with Crippen molar-refractivity contribution in [3.05, 3.63) is 29.8 Å². The van der Waals surface area contributed by atoms with Crippen LogP contribution >= 0.6 is 0 Å². The van der Waals surface area contributed by atoms with E-state index < -0.39 is 0 Å². The lowest BCUT2D eigenvalue weighted by atomic mass is 10.1. The van der Waals surface area contributed by atoms with E-state index in [0.717, 1.165) is 12.1 Å². The van der Waals surface area contributed by atoms with Gasteiger partial charge in [0.2, 0.25) is 5.91 Å². The number of anilines is 1. The third-order valence-corrected chi connectivity index (χ3v) is 3.21. The van der Waals surface area contributed by atoms with Gasteiger partial charge in [0.1, 0.15) is 0 Å². The van der Waals surface area contributed by atoms with Gasteiger partial charge in [-0.2, -0.15) is 0 Å². The van der Waals surface area contributed by atoms with Crippen LogP contribution in [0.25, 0.3) is 0 Å². The lowest BCUT2D eigenvalue weighted by Gasteiger charge is -2.20. The van der Waals surface area contributed by atoms with E-state index in [1.165, 1.54) is 12.8 Å². The van der Waals surface area contributed by atoms with Crippen LogP contribution in [0.5, 0.6) is 0 Å². The van der Waals surface area contributed by atoms with Gasteiger partial charge in [-0.3, -0.25) is 4.79 Å². The Bertz CT molecular complexity index is 472. The zero-order chi connectivity index (χ0) is 13.0. The van der Waals surface area contributed by atoms with Crippen molar-refractivity contribution in [1.82, 2.24) is 4.90 Å². The van der Waals surface area contributed by atoms with Gasteiger partial charge in [0.25, 0.3) is 0 Å². The first-order valence-corrected chi connectivity index (χ1v) is 6.25. The first-order valence-electron chi connectivity index (χ1n) is 6.25. The summed E-state index contributed by atoms with van der Waals surface area (Å²) in [6.45, 7) is 1.18. The highest BCUT2D eigenvalue weighted by Crippen LogP contribution is 2.29. The van der Waals surface area contributed by atoms with Gasteiger partial charge in [-0.25, -0.2) is 0 Å². The largest absolute Gasteiger partial charge is 0.398 e. The molecule has 0 aromatic heterocycles. The first kappa shape index (κ1) is 12.5. The number of amides is 1. The van der Waals surface area contributed by atoms with Crippen molar-refractivity contribution in [2.45, 2.75) is 19.3 Å². The Morgan fingerprint density at radius 2 is 2.17 bits per heavy atom. The molecular formula is C15H18N2O. The second-order valence-electron chi connectivity index (χ2n) is 4.80. The molecule has 94 valence electrons. The van der Waals surface area contributed by atoms with Gasteiger partial charge < -0.3 is 10.6 Å². The summed E-state index contributed by atoms with van der Waals surface area (Å²) >= 11 is 0. The van der Waals surface area contributed by atoms with Crippen LogP contribution in [-0.4, -0.2) is 23.9 Å². The minimum atomic E-state index is 0.0674. The number of nitrogen functional groups attached to an aromatic ring is 1. The Morgan fingerprint density at radius 1 is 1.44 bits per heavy atom. The third-order valence-electron chi connectivity index (χ3n) is 3.21. The first-order chi connectivity index (χ1) is 8.70. The molecule has 3 heteroatoms. The average Bonchev–Trinajstić information content (AvgIpc) is 3.15. The molecule has 18 heavy (non-hydrogen) atoms. The number of hydrogen-bond donors (Lipinski definition) is 1. The molecule has 2 N–H and O–H groups in total. The number of carbonyl (C=O) groups excluding carboxylic acids is 1. The van der Waals surface area contributed by atoms with E-state index in [-0.39, 0.29) is 5.91 Å². The maximum absolute atomic E-state index is 12.2. The second kappa shape index (κ2) is 5.59. The number of nitrogens with zero attached hydrogens (tertiary/aromatic N) is 1. The van der Waals surface area contributed by atoms with Crippen LogP contribution < -0.4 is 5.73 Å². The van der Waals surface area contributed by atoms with Crippen molar-refractivity contribution < 1.29 is 4.79 Å². The van der Waals surface area contributed by atoms with E-state index in [9.17, 15) is 4.79 Å². The summed E-state index contributed by atoms with van der Waals surface area (Å²) in [6.07, 6.45) is 8.07. The standard InChI is InChI=1S/C15H18N2O/c1-2-9-17(11-12-7-8-12)15(18)10-13-5-3-4-6-14(13)16/h1,3-6,12H,7-11,16H2. The summed E-state index contributed by atoms with van der Waals surface area (Å²) in [6, 6.07) is 7.46. The number of benzene rings is 1. The molecule has 0 heterocycles. The third kappa shape index (κ3) is 3.27. The lowest BCUT2D eigenvalue weighted by molar-refractivity contribution is -0.130. The van der Waals surface area contributed by atoms with Crippen LogP contribution in [0.3, 0.4) is 0 Å². The fourth-order valence-electron chi connectivity index (χ4n) is 1.95. The molecule has 1 saturated carbocycles. The number of carbonyl (C=O) groups is 1. The SMILES string of the molecule is C#CCN(CC1CC1)C(=O)Cc1ccccc1N. The van der Waals surface area contributed by atoms with E-state index in [0.29, 0.717) is 24.6 Å². The summed E-state index contributed by atoms with van der Waals surface area (Å²) in [5, 5.41) is 0. The van der Waals surface area contributed by atoms with Crippen molar-refractivity contribution in [2.24, 2.45) is 5.92 Å². The summed E-state index contributed by atoms with van der Waals surface area (Å²) in [5.74, 6) is 3.27. The van der Waals surface area contributed by atoms with Crippen molar-refractivity contribution in [1.29, 1.82) is 0 Å². The minimum absolute atomic E-state index is 0.0674. The predicted molar refractivity (Wildman–Crippen MR) is 72.7 cm³/mol. The predicted octanol–water partition coefficient (Wildman–Crippen LogP) is 1.68. The molecule has 1 aromatic carbocycles. The van der Waals surface area contributed by atoms with Crippen LogP contribution in [0.4, 0.5) is 5.69 Å². The van der Waals surface area contributed by atoms with Gasteiger partial charge in [-0.15, -0.1) is 6.42 Å². The van der Waals surface area contributed by atoms with E-state index in [2.05, 4.69) is 5.92 Å². The minimum Gasteiger partial charge on any atom is -0.398 e. The second-order valence-corrected chi connectivity index (χ2v) is 4.80. The topological polar surface area (TPSA) is 46.3 Å². The molecule has 0 bridgehead atoms. The number of para-hydroxylation sites is 1. The van der Waals surface area contributed by atoms with Crippen LogP contribution in [-0.2, 0) is 11.2 Å². The number of rotatable bonds is 5. The summed E-state index contributed by atoms with van der Waals surface area (Å²) in [7, 11) is 0. The zero-order valence-electron chi connectivity index (χ0n) is 10.4. The average molecular weight is 242 g/mol. The van der Waals surface area contributed by atoms with Gasteiger partial charge in [-0.1, -0.05) is 24.1 Å². The molecule has 0 radical (unpaired) electrons. The molecular weight excluding hydrogens is 224 g/mol. The molecule has 1 aliphatic rings.